The van der Waals surface area contributed by atoms with E-state index in [1.54, 1.807) is 0 Å². The minimum atomic E-state index is 0. The first kappa shape index (κ1) is 103. The largest absolute Gasteiger partial charge is 1.00 e. The summed E-state index contributed by atoms with van der Waals surface area (Å²) in [6.07, 6.45) is 0. The number of hydrogen-bond donors (Lipinski definition) is 1. The number of halogens is 1. The fraction of sp³-hybridized carbons (Fsp3) is 0. The maximum Gasteiger partial charge on any atom is 1.00 e. The van der Waals surface area contributed by atoms with Crippen molar-refractivity contribution in [1.29, 1.82) is 31.6 Å². The zero-order valence-corrected chi connectivity index (χ0v) is 16.0. The molecular formula is C6H9ClFeN7Na2O2-. The zero-order valence-electron chi connectivity index (χ0n) is 12.2. The molecule has 0 aliphatic rings. The van der Waals surface area contributed by atoms with Crippen LogP contribution in [0.1, 0.15) is 2.85 Å². The van der Waals surface area contributed by atoms with E-state index >= 15 is 0 Å². The molecule has 98 valence electrons. The molecule has 0 saturated heterocycles. The Hall–Kier alpha value is -0.691. The van der Waals surface area contributed by atoms with Crippen LogP contribution in [-0.2, 0) is 17.1 Å². The molecule has 0 aliphatic carbocycles. The fourth-order valence-corrected chi connectivity index (χ4v) is 0. The summed E-state index contributed by atoms with van der Waals surface area (Å²) in [5.41, 5.74) is 5.75. The number of nitriles is 6. The van der Waals surface area contributed by atoms with Gasteiger partial charge in [-0.1, -0.05) is 0 Å². The van der Waals surface area contributed by atoms with Crippen LogP contribution in [0.2, 0.25) is 0 Å². The van der Waals surface area contributed by atoms with E-state index in [4.69, 9.17) is 46.7 Å². The number of rotatable bonds is 0. The Bertz CT molecular complexity index is 137. The fourth-order valence-electron chi connectivity index (χ4n) is 0. The third-order valence-corrected chi connectivity index (χ3v) is 0. The molecule has 13 heteroatoms. The van der Waals surface area contributed by atoms with Crippen LogP contribution in [0.4, 0.5) is 0 Å². The Morgan fingerprint density at radius 3 is 0.632 bits per heavy atom. The van der Waals surface area contributed by atoms with Gasteiger partial charge in [0.1, 0.15) is 0 Å². The SMILES string of the molecule is C#N.C#N.C#N.C#N.C#N.C#N.OCl.[Fe].[H-].[H-].[N-]=O.[Na+].[Na+]. The molecule has 0 aliphatic heterocycles. The molecule has 0 unspecified atom stereocenters. The number of nitroso groups, excluding NO2 is 1. The Kier molecular flexibility index (Phi) is 52200. The van der Waals surface area contributed by atoms with Crippen LogP contribution in [0.5, 0.6) is 0 Å². The van der Waals surface area contributed by atoms with Crippen molar-refractivity contribution < 1.29 is 83.7 Å². The minimum Gasteiger partial charge on any atom is -1.00 e. The van der Waals surface area contributed by atoms with Gasteiger partial charge in [0.25, 0.3) is 0 Å². The molecule has 0 spiro atoms. The Morgan fingerprint density at radius 2 is 0.632 bits per heavy atom. The van der Waals surface area contributed by atoms with E-state index in [0.717, 1.165) is 0 Å². The summed E-state index contributed by atoms with van der Waals surface area (Å²) in [6, 6.07) is 0. The molecule has 0 radical (unpaired) electrons. The van der Waals surface area contributed by atoms with Crippen LogP contribution in [0, 0.1) is 75.9 Å². The van der Waals surface area contributed by atoms with Gasteiger partial charge >= 0.3 is 59.1 Å². The van der Waals surface area contributed by atoms with E-state index in [1.807, 2.05) is 0 Å². The maximum atomic E-state index is 7.25. The van der Waals surface area contributed by atoms with Crippen LogP contribution in [0.3, 0.4) is 0 Å². The van der Waals surface area contributed by atoms with E-state index in [-0.39, 0.29) is 79.0 Å². The molecule has 0 fully saturated rings. The summed E-state index contributed by atoms with van der Waals surface area (Å²) in [5, 5.41) is 39.0. The molecule has 0 aromatic heterocycles. The molecule has 19 heavy (non-hydrogen) atoms. The van der Waals surface area contributed by atoms with E-state index in [9.17, 15) is 0 Å². The minimum absolute atomic E-state index is 0. The number of nitrogens with zero attached hydrogens (tertiary/aromatic N) is 7. The van der Waals surface area contributed by atoms with Gasteiger partial charge in [-0.3, -0.25) is 4.66 Å². The van der Waals surface area contributed by atoms with Crippen molar-refractivity contribution in [1.82, 2.24) is 0 Å². The van der Waals surface area contributed by atoms with E-state index in [1.165, 1.54) is 0 Å². The van der Waals surface area contributed by atoms with Crippen LogP contribution in [0.25, 0.3) is 5.59 Å². The van der Waals surface area contributed by atoms with Crippen LogP contribution < -0.4 is 59.1 Å². The van der Waals surface area contributed by atoms with Crippen molar-refractivity contribution in [2.45, 2.75) is 0 Å². The average Bonchev–Trinajstić information content (AvgIpc) is 2.54. The second-order valence-electron chi connectivity index (χ2n) is 0. The van der Waals surface area contributed by atoms with Crippen molar-refractivity contribution in [2.75, 3.05) is 0 Å². The summed E-state index contributed by atoms with van der Waals surface area (Å²) in [6.45, 7) is 21.0. The molecule has 0 aromatic carbocycles. The standard InChI is InChI=1S/6CHN.ClHO.Fe.NO.2Na.2H/c7*1-2;;1-2;;;;/h6*1H;2H;;;;;;/q;;;;;;;;-1;2*+1;2*-1. The monoisotopic (exact) mass is 348 g/mol. The Morgan fingerprint density at radius 1 is 0.632 bits per heavy atom. The normalized spacial score (nSPS) is 1.16. The summed E-state index contributed by atoms with van der Waals surface area (Å²) < 4.78 is 6.47. The van der Waals surface area contributed by atoms with Gasteiger partial charge in [-0.05, 0) is 0 Å². The van der Waals surface area contributed by atoms with Gasteiger partial charge in [-0.2, -0.15) is 0 Å². The van der Waals surface area contributed by atoms with Gasteiger partial charge in [0.2, 0.25) is 0 Å². The van der Waals surface area contributed by atoms with Crippen molar-refractivity contribution in [3.63, 3.8) is 0 Å². The van der Waals surface area contributed by atoms with E-state index in [0.29, 0.717) is 0 Å². The van der Waals surface area contributed by atoms with Crippen molar-refractivity contribution in [3.8, 4) is 39.4 Å². The third kappa shape index (κ3) is 8510. The molecule has 0 heterocycles. The smallest absolute Gasteiger partial charge is 1.00 e. The average molecular weight is 348 g/mol. The van der Waals surface area contributed by atoms with Gasteiger partial charge < -0.3 is 13.4 Å². The van der Waals surface area contributed by atoms with Gasteiger partial charge in [-0.25, -0.2) is 31.6 Å². The third-order valence-electron chi connectivity index (χ3n) is 0. The molecule has 1 N–H and O–H groups in total. The molecule has 0 rings (SSSR count). The number of hydrogen-bond acceptors (Lipinski definition) is 8. The van der Waals surface area contributed by atoms with Crippen molar-refractivity contribution in [3.05, 3.63) is 10.5 Å². The summed E-state index contributed by atoms with van der Waals surface area (Å²) in [5.74, 6) is 0. The van der Waals surface area contributed by atoms with Crippen LogP contribution >= 0.6 is 11.9 Å². The predicted octanol–water partition coefficient (Wildman–Crippen LogP) is -4.48. The first-order chi connectivity index (χ1) is 8.00. The molecule has 0 bridgehead atoms. The topological polar surface area (TPSA) is 202 Å². The first-order valence-electron chi connectivity index (χ1n) is 1.90. The second-order valence-corrected chi connectivity index (χ2v) is 0. The molecule has 0 amide bonds. The molecule has 0 atom stereocenters. The summed E-state index contributed by atoms with van der Waals surface area (Å²) in [4.78, 5) is 7.25. The first-order valence-corrected chi connectivity index (χ1v) is 2.24. The summed E-state index contributed by atoms with van der Waals surface area (Å²) >= 11 is 3.64. The van der Waals surface area contributed by atoms with Crippen molar-refractivity contribution in [2.24, 2.45) is 0 Å². The molecule has 9 nitrogen and oxygen atoms in total. The van der Waals surface area contributed by atoms with Gasteiger partial charge in [0.05, 0.1) is 11.9 Å². The summed E-state index contributed by atoms with van der Waals surface area (Å²) in [7, 11) is 0. The molecular weight excluding hydrogens is 339 g/mol. The maximum absolute atomic E-state index is 7.25. The van der Waals surface area contributed by atoms with Gasteiger partial charge in [0, 0.05) is 56.5 Å². The molecule has 0 aromatic rings. The van der Waals surface area contributed by atoms with Crippen molar-refractivity contribution >= 4 is 11.9 Å². The van der Waals surface area contributed by atoms with Crippen LogP contribution in [0.15, 0.2) is 0 Å². The van der Waals surface area contributed by atoms with Gasteiger partial charge in [-0.15, -0.1) is 0 Å². The quantitative estimate of drug-likeness (QED) is 0.421. The van der Waals surface area contributed by atoms with Crippen LogP contribution in [-0.4, -0.2) is 4.66 Å². The van der Waals surface area contributed by atoms with E-state index in [2.05, 4.69) is 51.3 Å². The molecule has 0 saturated carbocycles. The predicted molar refractivity (Wildman–Crippen MR) is 57.0 cm³/mol. The zero-order chi connectivity index (χ0) is 16.0. The van der Waals surface area contributed by atoms with Gasteiger partial charge in [0.15, 0.2) is 0 Å². The second kappa shape index (κ2) is 9660. The Labute approximate surface area is 175 Å². The Balaban J connectivity index is -0.00000000306. The van der Waals surface area contributed by atoms with E-state index < -0.39 is 0 Å².